The average Bonchev–Trinajstić information content (AvgIpc) is 2.59. The van der Waals surface area contributed by atoms with Gasteiger partial charge in [-0.15, -0.1) is 0 Å². The molecule has 0 radical (unpaired) electrons. The molecular formula is C11H17NO4. The van der Waals surface area contributed by atoms with Crippen LogP contribution in [-0.2, 0) is 14.3 Å². The van der Waals surface area contributed by atoms with Gasteiger partial charge in [-0.2, -0.15) is 0 Å². The van der Waals surface area contributed by atoms with E-state index in [1.165, 1.54) is 4.90 Å². The molecule has 2 amide bonds. The van der Waals surface area contributed by atoms with Crippen LogP contribution in [0, 0.1) is 5.92 Å². The van der Waals surface area contributed by atoms with Gasteiger partial charge in [0.25, 0.3) is 0 Å². The van der Waals surface area contributed by atoms with Gasteiger partial charge in [0.15, 0.2) is 0 Å². The number of ether oxygens (including phenoxy) is 1. The molecule has 16 heavy (non-hydrogen) atoms. The summed E-state index contributed by atoms with van der Waals surface area (Å²) < 4.78 is 5.09. The first-order valence-electron chi connectivity index (χ1n) is 5.63. The van der Waals surface area contributed by atoms with Crippen LogP contribution in [0.5, 0.6) is 0 Å². The van der Waals surface area contributed by atoms with Crippen LogP contribution in [-0.4, -0.2) is 47.2 Å². The molecule has 1 unspecified atom stereocenters. The Morgan fingerprint density at radius 2 is 2.06 bits per heavy atom. The van der Waals surface area contributed by atoms with E-state index in [1.54, 1.807) is 0 Å². The molecule has 1 atom stereocenters. The molecule has 5 heteroatoms. The van der Waals surface area contributed by atoms with E-state index in [9.17, 15) is 14.7 Å². The number of aliphatic hydroxyl groups is 1. The molecule has 0 aromatic heterocycles. The molecule has 1 N–H and O–H groups in total. The molecule has 0 spiro atoms. The molecule has 2 aliphatic heterocycles. The summed E-state index contributed by atoms with van der Waals surface area (Å²) >= 11 is 0. The van der Waals surface area contributed by atoms with E-state index in [1.807, 2.05) is 6.92 Å². The second-order valence-corrected chi connectivity index (χ2v) is 4.91. The number of amides is 2. The minimum Gasteiger partial charge on any atom is -0.386 e. The van der Waals surface area contributed by atoms with Crippen molar-refractivity contribution in [3.63, 3.8) is 0 Å². The van der Waals surface area contributed by atoms with Crippen LogP contribution in [0.2, 0.25) is 0 Å². The predicted octanol–water partition coefficient (Wildman–Crippen LogP) is -0.0771. The highest BCUT2D eigenvalue weighted by molar-refractivity contribution is 5.97. The monoisotopic (exact) mass is 227 g/mol. The van der Waals surface area contributed by atoms with Crippen molar-refractivity contribution in [2.45, 2.75) is 31.8 Å². The number of nitrogens with zero attached hydrogens (tertiary/aromatic N) is 1. The van der Waals surface area contributed by atoms with E-state index in [2.05, 4.69) is 0 Å². The Bertz CT molecular complexity index is 291. The van der Waals surface area contributed by atoms with Gasteiger partial charge in [0.05, 0.1) is 13.2 Å². The zero-order valence-corrected chi connectivity index (χ0v) is 9.44. The van der Waals surface area contributed by atoms with Crippen molar-refractivity contribution in [1.29, 1.82) is 0 Å². The first-order valence-corrected chi connectivity index (χ1v) is 5.63. The Balaban J connectivity index is 2.03. The Morgan fingerprint density at radius 1 is 1.44 bits per heavy atom. The topological polar surface area (TPSA) is 66.8 Å². The normalized spacial score (nSPS) is 32.5. The number of hydrogen-bond donors (Lipinski definition) is 1. The minimum atomic E-state index is -1.04. The fourth-order valence-corrected chi connectivity index (χ4v) is 2.22. The van der Waals surface area contributed by atoms with Crippen LogP contribution in [0.1, 0.15) is 26.2 Å². The molecule has 2 aliphatic rings. The van der Waals surface area contributed by atoms with E-state index < -0.39 is 5.60 Å². The van der Waals surface area contributed by atoms with Crippen LogP contribution in [0.15, 0.2) is 0 Å². The largest absolute Gasteiger partial charge is 0.386 e. The van der Waals surface area contributed by atoms with E-state index in [0.717, 1.165) is 0 Å². The number of β-amino-alcohol motifs (C(OH)–C–C–N with tert-alkyl or cyclic N) is 1. The van der Waals surface area contributed by atoms with Gasteiger partial charge in [0.1, 0.15) is 5.60 Å². The third-order valence-electron chi connectivity index (χ3n) is 3.18. The lowest BCUT2D eigenvalue weighted by molar-refractivity contribution is -0.154. The van der Waals surface area contributed by atoms with Crippen molar-refractivity contribution in [3.8, 4) is 0 Å². The molecule has 0 aromatic carbocycles. The number of likely N-dealkylation sites (tertiary alicyclic amines) is 1. The first-order chi connectivity index (χ1) is 7.50. The molecule has 0 bridgehead atoms. The second kappa shape index (κ2) is 4.14. The molecule has 2 fully saturated rings. The summed E-state index contributed by atoms with van der Waals surface area (Å²) in [5, 5.41) is 10.1. The highest BCUT2D eigenvalue weighted by atomic mass is 16.5. The summed E-state index contributed by atoms with van der Waals surface area (Å²) in [5.74, 6) is -0.237. The van der Waals surface area contributed by atoms with Crippen molar-refractivity contribution in [3.05, 3.63) is 0 Å². The predicted molar refractivity (Wildman–Crippen MR) is 55.5 cm³/mol. The number of hydrogen-bond acceptors (Lipinski definition) is 4. The maximum Gasteiger partial charge on any atom is 0.229 e. The van der Waals surface area contributed by atoms with E-state index in [-0.39, 0.29) is 30.9 Å². The Hall–Kier alpha value is -0.940. The highest BCUT2D eigenvalue weighted by Gasteiger charge is 2.39. The van der Waals surface area contributed by atoms with Crippen LogP contribution < -0.4 is 0 Å². The van der Waals surface area contributed by atoms with Crippen molar-refractivity contribution in [2.24, 2.45) is 5.92 Å². The van der Waals surface area contributed by atoms with Gasteiger partial charge in [-0.1, -0.05) is 6.92 Å². The van der Waals surface area contributed by atoms with Gasteiger partial charge in [0.2, 0.25) is 11.8 Å². The fourth-order valence-electron chi connectivity index (χ4n) is 2.22. The van der Waals surface area contributed by atoms with Crippen LogP contribution in [0.3, 0.4) is 0 Å². The quantitative estimate of drug-likeness (QED) is 0.670. The van der Waals surface area contributed by atoms with Crippen molar-refractivity contribution >= 4 is 11.8 Å². The Morgan fingerprint density at radius 3 is 2.56 bits per heavy atom. The highest BCUT2D eigenvalue weighted by Crippen LogP contribution is 2.24. The summed E-state index contributed by atoms with van der Waals surface area (Å²) in [6.07, 6.45) is 1.27. The van der Waals surface area contributed by atoms with Crippen LogP contribution in [0.4, 0.5) is 0 Å². The van der Waals surface area contributed by atoms with Crippen LogP contribution in [0.25, 0.3) is 0 Å². The summed E-state index contributed by atoms with van der Waals surface area (Å²) in [5.41, 5.74) is -1.04. The second-order valence-electron chi connectivity index (χ2n) is 4.91. The summed E-state index contributed by atoms with van der Waals surface area (Å²) in [4.78, 5) is 24.6. The average molecular weight is 227 g/mol. The Kier molecular flexibility index (Phi) is 2.99. The molecule has 90 valence electrons. The third-order valence-corrected chi connectivity index (χ3v) is 3.18. The number of imide groups is 1. The molecule has 2 saturated heterocycles. The molecular weight excluding hydrogens is 210 g/mol. The number of carbonyl (C=O) groups excluding carboxylic acids is 2. The lowest BCUT2D eigenvalue weighted by Crippen LogP contribution is -2.51. The standard InChI is InChI=1S/C11H17NO4/c1-8-4-9(13)12(10(14)5-8)6-11(15)2-3-16-7-11/h8,15H,2-7H2,1H3. The third kappa shape index (κ3) is 2.25. The summed E-state index contributed by atoms with van der Waals surface area (Å²) in [7, 11) is 0. The number of carbonyl (C=O) groups is 2. The summed E-state index contributed by atoms with van der Waals surface area (Å²) in [6.45, 7) is 2.67. The summed E-state index contributed by atoms with van der Waals surface area (Å²) in [6, 6.07) is 0. The number of piperidine rings is 1. The maximum atomic E-state index is 11.7. The van der Waals surface area contributed by atoms with Gasteiger partial charge in [0, 0.05) is 25.9 Å². The fraction of sp³-hybridized carbons (Fsp3) is 0.818. The smallest absolute Gasteiger partial charge is 0.229 e. The number of rotatable bonds is 2. The van der Waals surface area contributed by atoms with Gasteiger partial charge in [-0.25, -0.2) is 0 Å². The zero-order chi connectivity index (χ0) is 11.8. The van der Waals surface area contributed by atoms with Gasteiger partial charge < -0.3 is 9.84 Å². The van der Waals surface area contributed by atoms with Crippen LogP contribution >= 0.6 is 0 Å². The molecule has 2 heterocycles. The molecule has 0 aliphatic carbocycles. The Labute approximate surface area is 94.4 Å². The van der Waals surface area contributed by atoms with E-state index >= 15 is 0 Å². The molecule has 5 nitrogen and oxygen atoms in total. The lowest BCUT2D eigenvalue weighted by Gasteiger charge is -2.33. The lowest BCUT2D eigenvalue weighted by atomic mass is 9.95. The SMILES string of the molecule is CC1CC(=O)N(CC2(O)CCOC2)C(=O)C1. The van der Waals surface area contributed by atoms with Gasteiger partial charge in [-0.3, -0.25) is 14.5 Å². The van der Waals surface area contributed by atoms with Crippen molar-refractivity contribution in [1.82, 2.24) is 4.90 Å². The minimum absolute atomic E-state index is 0.0807. The van der Waals surface area contributed by atoms with E-state index in [0.29, 0.717) is 25.9 Å². The molecule has 0 aromatic rings. The zero-order valence-electron chi connectivity index (χ0n) is 9.44. The molecule has 2 rings (SSSR count). The van der Waals surface area contributed by atoms with Gasteiger partial charge >= 0.3 is 0 Å². The molecule has 0 saturated carbocycles. The van der Waals surface area contributed by atoms with E-state index in [4.69, 9.17) is 4.74 Å². The first kappa shape index (κ1) is 11.5. The maximum absolute atomic E-state index is 11.7. The van der Waals surface area contributed by atoms with Crippen molar-refractivity contribution < 1.29 is 19.4 Å². The van der Waals surface area contributed by atoms with Crippen molar-refractivity contribution in [2.75, 3.05) is 19.8 Å². The van der Waals surface area contributed by atoms with Gasteiger partial charge in [-0.05, 0) is 5.92 Å².